The fourth-order valence-electron chi connectivity index (χ4n) is 1.80. The maximum absolute atomic E-state index is 11.4. The number of benzene rings is 1. The van der Waals surface area contributed by atoms with Crippen molar-refractivity contribution >= 4 is 17.3 Å². The van der Waals surface area contributed by atoms with E-state index in [2.05, 4.69) is 10.6 Å². The van der Waals surface area contributed by atoms with Crippen molar-refractivity contribution in [1.29, 1.82) is 0 Å². The highest BCUT2D eigenvalue weighted by Crippen LogP contribution is 2.24. The number of rotatable bonds is 7. The van der Waals surface area contributed by atoms with Gasteiger partial charge in [-0.25, -0.2) is 0 Å². The fourth-order valence-corrected chi connectivity index (χ4v) is 1.80. The molecule has 0 aliphatic heterocycles. The number of carbonyl (C=O) groups is 1. The smallest absolute Gasteiger partial charge is 0.280 e. The summed E-state index contributed by atoms with van der Waals surface area (Å²) >= 11 is 0. The predicted molar refractivity (Wildman–Crippen MR) is 72.6 cm³/mol. The Morgan fingerprint density at radius 2 is 1.95 bits per heavy atom. The van der Waals surface area contributed by atoms with Gasteiger partial charge < -0.3 is 10.6 Å². The van der Waals surface area contributed by atoms with Crippen LogP contribution in [0.2, 0.25) is 0 Å². The van der Waals surface area contributed by atoms with E-state index >= 15 is 0 Å². The number of hydrogen-bond acceptors (Lipinski definition) is 6. The molecule has 0 atom stereocenters. The predicted octanol–water partition coefficient (Wildman–Crippen LogP) is 0.871. The first-order valence-electron chi connectivity index (χ1n) is 6.39. The molecule has 1 aromatic carbocycles. The molecular formula is C12H14N4O5. The summed E-state index contributed by atoms with van der Waals surface area (Å²) in [5.74, 6) is -0.165. The second-order valence-corrected chi connectivity index (χ2v) is 4.77. The minimum absolute atomic E-state index is 0.0463. The van der Waals surface area contributed by atoms with Crippen LogP contribution in [0.15, 0.2) is 18.2 Å². The zero-order chi connectivity index (χ0) is 15.4. The minimum Gasteiger partial charge on any atom is -0.352 e. The lowest BCUT2D eigenvalue weighted by Crippen LogP contribution is -2.34. The Morgan fingerprint density at radius 3 is 2.52 bits per heavy atom. The molecular weight excluding hydrogens is 280 g/mol. The molecule has 21 heavy (non-hydrogen) atoms. The Morgan fingerprint density at radius 1 is 1.24 bits per heavy atom. The standard InChI is InChI=1S/C12H14N4O5/c17-12(14-9-2-3-9)7-13-6-8-1-4-10(15(18)19)5-11(8)16(20)21/h1,4-5,9,13H,2-3,6-7H2,(H,14,17). The Kier molecular flexibility index (Phi) is 4.43. The van der Waals surface area contributed by atoms with Crippen LogP contribution in [0.1, 0.15) is 18.4 Å². The highest BCUT2D eigenvalue weighted by atomic mass is 16.6. The lowest BCUT2D eigenvalue weighted by molar-refractivity contribution is -0.394. The Labute approximate surface area is 119 Å². The third-order valence-corrected chi connectivity index (χ3v) is 3.02. The van der Waals surface area contributed by atoms with Crippen molar-refractivity contribution in [1.82, 2.24) is 10.6 Å². The zero-order valence-corrected chi connectivity index (χ0v) is 11.1. The van der Waals surface area contributed by atoms with E-state index in [1.54, 1.807) is 0 Å². The van der Waals surface area contributed by atoms with Crippen LogP contribution in [-0.2, 0) is 11.3 Å². The monoisotopic (exact) mass is 294 g/mol. The quantitative estimate of drug-likeness (QED) is 0.567. The van der Waals surface area contributed by atoms with Crippen molar-refractivity contribution in [3.8, 4) is 0 Å². The van der Waals surface area contributed by atoms with Gasteiger partial charge in [0.2, 0.25) is 5.91 Å². The van der Waals surface area contributed by atoms with Gasteiger partial charge in [-0.1, -0.05) is 0 Å². The summed E-state index contributed by atoms with van der Waals surface area (Å²) in [7, 11) is 0. The number of nitrogens with one attached hydrogen (secondary N) is 2. The second kappa shape index (κ2) is 6.27. The van der Waals surface area contributed by atoms with Crippen molar-refractivity contribution in [2.24, 2.45) is 0 Å². The van der Waals surface area contributed by atoms with Gasteiger partial charge in [-0.2, -0.15) is 0 Å². The van der Waals surface area contributed by atoms with Crippen LogP contribution in [0, 0.1) is 20.2 Å². The summed E-state index contributed by atoms with van der Waals surface area (Å²) in [5, 5.41) is 27.1. The number of nitro groups is 2. The van der Waals surface area contributed by atoms with Crippen LogP contribution in [0.3, 0.4) is 0 Å². The van der Waals surface area contributed by atoms with Gasteiger partial charge in [-0.15, -0.1) is 0 Å². The van der Waals surface area contributed by atoms with Gasteiger partial charge in [0.25, 0.3) is 11.4 Å². The van der Waals surface area contributed by atoms with Gasteiger partial charge in [0.05, 0.1) is 22.5 Å². The molecule has 0 heterocycles. The first-order chi connectivity index (χ1) is 9.97. The van der Waals surface area contributed by atoms with Crippen LogP contribution < -0.4 is 10.6 Å². The van der Waals surface area contributed by atoms with Crippen LogP contribution in [0.5, 0.6) is 0 Å². The van der Waals surface area contributed by atoms with E-state index < -0.39 is 9.85 Å². The van der Waals surface area contributed by atoms with E-state index in [9.17, 15) is 25.0 Å². The average Bonchev–Trinajstić information content (AvgIpc) is 3.22. The van der Waals surface area contributed by atoms with Gasteiger partial charge in [-0.05, 0) is 18.9 Å². The summed E-state index contributed by atoms with van der Waals surface area (Å²) in [6.07, 6.45) is 1.97. The molecule has 2 rings (SSSR count). The van der Waals surface area contributed by atoms with Crippen molar-refractivity contribution in [3.05, 3.63) is 44.0 Å². The molecule has 0 saturated heterocycles. The van der Waals surface area contributed by atoms with Gasteiger partial charge in [0.1, 0.15) is 0 Å². The summed E-state index contributed by atoms with van der Waals surface area (Å²) in [6.45, 7) is 0.136. The van der Waals surface area contributed by atoms with Crippen molar-refractivity contribution in [3.63, 3.8) is 0 Å². The first-order valence-corrected chi connectivity index (χ1v) is 6.39. The Balaban J connectivity index is 1.96. The number of nitrogens with zero attached hydrogens (tertiary/aromatic N) is 2. The molecule has 9 nitrogen and oxygen atoms in total. The minimum atomic E-state index is -0.687. The zero-order valence-electron chi connectivity index (χ0n) is 11.1. The van der Waals surface area contributed by atoms with E-state index in [1.807, 2.05) is 0 Å². The van der Waals surface area contributed by atoms with E-state index in [0.29, 0.717) is 5.56 Å². The largest absolute Gasteiger partial charge is 0.352 e. The number of nitro benzene ring substituents is 2. The van der Waals surface area contributed by atoms with Crippen LogP contribution in [0.25, 0.3) is 0 Å². The fraction of sp³-hybridized carbons (Fsp3) is 0.417. The molecule has 1 aromatic rings. The maximum Gasteiger partial charge on any atom is 0.280 e. The maximum atomic E-state index is 11.4. The molecule has 2 N–H and O–H groups in total. The van der Waals surface area contributed by atoms with Crippen LogP contribution in [0.4, 0.5) is 11.4 Å². The number of carbonyl (C=O) groups excluding carboxylic acids is 1. The van der Waals surface area contributed by atoms with Crippen molar-refractivity contribution in [2.45, 2.75) is 25.4 Å². The lowest BCUT2D eigenvalue weighted by atomic mass is 10.1. The summed E-state index contributed by atoms with van der Waals surface area (Å²) in [5.41, 5.74) is -0.374. The first kappa shape index (κ1) is 14.9. The highest BCUT2D eigenvalue weighted by Gasteiger charge is 2.23. The van der Waals surface area contributed by atoms with Gasteiger partial charge in [0.15, 0.2) is 0 Å². The van der Waals surface area contributed by atoms with Gasteiger partial charge in [-0.3, -0.25) is 25.0 Å². The van der Waals surface area contributed by atoms with E-state index in [0.717, 1.165) is 18.9 Å². The van der Waals surface area contributed by atoms with E-state index in [1.165, 1.54) is 12.1 Å². The third-order valence-electron chi connectivity index (χ3n) is 3.02. The van der Waals surface area contributed by atoms with E-state index in [4.69, 9.17) is 0 Å². The summed E-state index contributed by atoms with van der Waals surface area (Å²) < 4.78 is 0. The third kappa shape index (κ3) is 4.21. The van der Waals surface area contributed by atoms with Crippen LogP contribution in [-0.4, -0.2) is 28.3 Å². The number of non-ortho nitro benzene ring substituents is 1. The molecule has 0 unspecified atom stereocenters. The second-order valence-electron chi connectivity index (χ2n) is 4.77. The molecule has 1 amide bonds. The van der Waals surface area contributed by atoms with Crippen molar-refractivity contribution in [2.75, 3.05) is 6.54 Å². The SMILES string of the molecule is O=C(CNCc1ccc([N+](=O)[O-])cc1[N+](=O)[O-])NC1CC1. The number of hydrogen-bond donors (Lipinski definition) is 2. The van der Waals surface area contributed by atoms with E-state index in [-0.39, 0.29) is 36.4 Å². The highest BCUT2D eigenvalue weighted by molar-refractivity contribution is 5.78. The molecule has 0 radical (unpaired) electrons. The van der Waals surface area contributed by atoms with Gasteiger partial charge in [0, 0.05) is 24.2 Å². The molecule has 1 aliphatic carbocycles. The lowest BCUT2D eigenvalue weighted by Gasteiger charge is -2.06. The normalized spacial score (nSPS) is 13.7. The topological polar surface area (TPSA) is 127 Å². The summed E-state index contributed by atoms with van der Waals surface area (Å²) in [4.78, 5) is 31.6. The molecule has 0 bridgehead atoms. The molecule has 1 fully saturated rings. The van der Waals surface area contributed by atoms with Crippen LogP contribution >= 0.6 is 0 Å². The van der Waals surface area contributed by atoms with Gasteiger partial charge >= 0.3 is 0 Å². The summed E-state index contributed by atoms with van der Waals surface area (Å²) in [6, 6.07) is 3.70. The molecule has 0 spiro atoms. The molecule has 9 heteroatoms. The Bertz CT molecular complexity index is 585. The molecule has 0 aromatic heterocycles. The average molecular weight is 294 g/mol. The molecule has 1 saturated carbocycles. The molecule has 1 aliphatic rings. The van der Waals surface area contributed by atoms with Crippen molar-refractivity contribution < 1.29 is 14.6 Å². The molecule has 112 valence electrons. The number of amides is 1. The Hall–Kier alpha value is -2.55.